The van der Waals surface area contributed by atoms with E-state index >= 15 is 0 Å². The number of aromatic hydroxyl groups is 1. The first-order chi connectivity index (χ1) is 14.2. The molecule has 30 heavy (non-hydrogen) atoms. The fourth-order valence-corrected chi connectivity index (χ4v) is 5.24. The molecule has 0 spiro atoms. The van der Waals surface area contributed by atoms with Gasteiger partial charge in [-0.05, 0) is 35.7 Å². The Morgan fingerprint density at radius 3 is 2.60 bits per heavy atom. The molecule has 0 bridgehead atoms. The number of anilines is 1. The van der Waals surface area contributed by atoms with Crippen LogP contribution in [-0.2, 0) is 9.59 Å². The Kier molecular flexibility index (Phi) is 6.83. The summed E-state index contributed by atoms with van der Waals surface area (Å²) in [4.78, 5) is 26.6. The van der Waals surface area contributed by atoms with Gasteiger partial charge in [-0.3, -0.25) is 9.59 Å². The molecule has 1 amide bonds. The van der Waals surface area contributed by atoms with Crippen LogP contribution < -0.4 is 9.64 Å². The summed E-state index contributed by atoms with van der Waals surface area (Å²) in [5.41, 5.74) is 2.25. The largest absolute Gasteiger partial charge is 0.508 e. The molecular weight excluding hydrogens is 426 g/mol. The molecule has 1 aliphatic rings. The van der Waals surface area contributed by atoms with E-state index in [1.54, 1.807) is 23.1 Å². The fourth-order valence-electron chi connectivity index (χ4n) is 3.57. The highest BCUT2D eigenvalue weighted by Crippen LogP contribution is 2.50. The van der Waals surface area contributed by atoms with Crippen LogP contribution in [0.5, 0.6) is 11.5 Å². The number of methoxy groups -OCH3 is 1. The predicted octanol–water partition coefficient (Wildman–Crippen LogP) is 4.72. The van der Waals surface area contributed by atoms with Crippen LogP contribution in [0.2, 0.25) is 5.02 Å². The van der Waals surface area contributed by atoms with Crippen molar-refractivity contribution in [2.24, 2.45) is 5.92 Å². The van der Waals surface area contributed by atoms with Crippen LogP contribution in [-0.4, -0.2) is 41.0 Å². The van der Waals surface area contributed by atoms with Crippen molar-refractivity contribution in [3.8, 4) is 11.5 Å². The normalized spacial score (nSPS) is 18.8. The number of phenolic OH excluding ortho intramolecular Hbond substituents is 1. The van der Waals surface area contributed by atoms with Gasteiger partial charge in [0.05, 0.1) is 24.0 Å². The lowest BCUT2D eigenvalue weighted by atomic mass is 10.00. The van der Waals surface area contributed by atoms with Crippen molar-refractivity contribution in [1.82, 2.24) is 0 Å². The molecule has 0 radical (unpaired) electrons. The number of halogens is 1. The molecule has 3 rings (SSSR count). The Balaban J connectivity index is 2.23. The molecule has 0 aromatic heterocycles. The number of nitrogens with zero attached hydrogens (tertiary/aromatic N) is 1. The van der Waals surface area contributed by atoms with Gasteiger partial charge in [0.2, 0.25) is 5.91 Å². The molecule has 6 nitrogen and oxygen atoms in total. The quantitative estimate of drug-likeness (QED) is 0.663. The molecule has 2 atom stereocenters. The number of hydrogen-bond donors (Lipinski definition) is 2. The first-order valence-electron chi connectivity index (χ1n) is 9.56. The molecule has 1 aliphatic heterocycles. The Morgan fingerprint density at radius 1 is 1.23 bits per heavy atom. The van der Waals surface area contributed by atoms with Crippen molar-refractivity contribution >= 4 is 40.9 Å². The molecular formula is C22H24ClNO5S. The summed E-state index contributed by atoms with van der Waals surface area (Å²) < 4.78 is 5.48. The fraction of sp³-hybridized carbons (Fsp3) is 0.364. The van der Waals surface area contributed by atoms with Crippen molar-refractivity contribution in [2.45, 2.75) is 30.8 Å². The SMILES string of the molecule is COc1cc(O)ccc1[C@H]1S[C@H](CC(=O)O)C(=O)N(CC(C)C)c2ccc(Cl)cc21. The third-order valence-electron chi connectivity index (χ3n) is 4.81. The second kappa shape index (κ2) is 9.18. The van der Waals surface area contributed by atoms with E-state index in [4.69, 9.17) is 16.3 Å². The summed E-state index contributed by atoms with van der Waals surface area (Å²) in [5.74, 6) is -0.573. The third-order valence-corrected chi connectivity index (χ3v) is 6.52. The number of hydrogen-bond acceptors (Lipinski definition) is 5. The van der Waals surface area contributed by atoms with Crippen molar-refractivity contribution in [3.63, 3.8) is 0 Å². The molecule has 8 heteroatoms. The number of rotatable bonds is 6. The molecule has 1 heterocycles. The number of phenols is 1. The second-order valence-corrected chi connectivity index (χ2v) is 9.32. The van der Waals surface area contributed by atoms with Gasteiger partial charge in [-0.15, -0.1) is 11.8 Å². The van der Waals surface area contributed by atoms with Crippen LogP contribution in [0.3, 0.4) is 0 Å². The van der Waals surface area contributed by atoms with Crippen LogP contribution in [0.4, 0.5) is 5.69 Å². The van der Waals surface area contributed by atoms with Gasteiger partial charge in [0.1, 0.15) is 11.5 Å². The summed E-state index contributed by atoms with van der Waals surface area (Å²) in [6, 6.07) is 10.1. The van der Waals surface area contributed by atoms with Gasteiger partial charge >= 0.3 is 5.97 Å². The van der Waals surface area contributed by atoms with E-state index in [9.17, 15) is 19.8 Å². The van der Waals surface area contributed by atoms with Gasteiger partial charge in [-0.1, -0.05) is 31.5 Å². The van der Waals surface area contributed by atoms with E-state index in [1.807, 2.05) is 26.0 Å². The summed E-state index contributed by atoms with van der Waals surface area (Å²) in [5, 5.41) is 18.6. The Labute approximate surface area is 184 Å². The standard InChI is InChI=1S/C22H24ClNO5S/c1-12(2)11-24-17-7-4-13(23)8-16(17)21(30-19(22(24)28)10-20(26)27)15-6-5-14(25)9-18(15)29-3/h4-9,12,19,21,25H,10-11H2,1-3H3,(H,26,27)/t19-,21-/m1/s1. The lowest BCUT2D eigenvalue weighted by Gasteiger charge is -2.27. The Bertz CT molecular complexity index is 965. The van der Waals surface area contributed by atoms with Crippen molar-refractivity contribution in [2.75, 3.05) is 18.6 Å². The van der Waals surface area contributed by atoms with Gasteiger partial charge in [0, 0.05) is 28.9 Å². The smallest absolute Gasteiger partial charge is 0.305 e. The molecule has 2 aromatic carbocycles. The molecule has 0 aliphatic carbocycles. The maximum Gasteiger partial charge on any atom is 0.305 e. The third kappa shape index (κ3) is 4.68. The van der Waals surface area contributed by atoms with E-state index in [2.05, 4.69) is 0 Å². The van der Waals surface area contributed by atoms with Crippen LogP contribution >= 0.6 is 23.4 Å². The minimum Gasteiger partial charge on any atom is -0.508 e. The first-order valence-corrected chi connectivity index (χ1v) is 10.9. The number of aliphatic carboxylic acids is 1. The topological polar surface area (TPSA) is 87.1 Å². The van der Waals surface area contributed by atoms with Gasteiger partial charge in [0.25, 0.3) is 0 Å². The average molecular weight is 450 g/mol. The zero-order valence-electron chi connectivity index (χ0n) is 17.0. The van der Waals surface area contributed by atoms with E-state index in [-0.39, 0.29) is 24.0 Å². The summed E-state index contributed by atoms with van der Waals surface area (Å²) in [6.07, 6.45) is -0.295. The number of ether oxygens (including phenoxy) is 1. The first kappa shape index (κ1) is 22.3. The maximum absolute atomic E-state index is 13.4. The van der Waals surface area contributed by atoms with Gasteiger partial charge in [-0.2, -0.15) is 0 Å². The molecule has 0 unspecified atom stereocenters. The lowest BCUT2D eigenvalue weighted by molar-refractivity contribution is -0.138. The average Bonchev–Trinajstić information content (AvgIpc) is 2.77. The number of carbonyl (C=O) groups is 2. The number of carboxylic acids is 1. The van der Waals surface area contributed by atoms with Gasteiger partial charge in [-0.25, -0.2) is 0 Å². The predicted molar refractivity (Wildman–Crippen MR) is 119 cm³/mol. The van der Waals surface area contributed by atoms with E-state index in [0.717, 1.165) is 11.1 Å². The van der Waals surface area contributed by atoms with E-state index in [1.165, 1.54) is 24.9 Å². The highest BCUT2D eigenvalue weighted by molar-refractivity contribution is 8.01. The zero-order chi connectivity index (χ0) is 22.0. The number of benzene rings is 2. The molecule has 2 N–H and O–H groups in total. The van der Waals surface area contributed by atoms with Gasteiger partial charge < -0.3 is 19.8 Å². The highest BCUT2D eigenvalue weighted by atomic mass is 35.5. The number of thioether (sulfide) groups is 1. The second-order valence-electron chi connectivity index (χ2n) is 7.57. The van der Waals surface area contributed by atoms with Crippen LogP contribution in [0.15, 0.2) is 36.4 Å². The molecule has 0 fully saturated rings. The van der Waals surface area contributed by atoms with Crippen molar-refractivity contribution in [1.29, 1.82) is 0 Å². The van der Waals surface area contributed by atoms with Crippen molar-refractivity contribution in [3.05, 3.63) is 52.5 Å². The number of carboxylic acid groups (broad SMARTS) is 1. The molecule has 160 valence electrons. The number of carbonyl (C=O) groups excluding carboxylic acids is 1. The van der Waals surface area contributed by atoms with Crippen LogP contribution in [0, 0.1) is 5.92 Å². The minimum atomic E-state index is -1.04. The van der Waals surface area contributed by atoms with E-state index < -0.39 is 16.5 Å². The molecule has 0 saturated carbocycles. The molecule has 2 aromatic rings. The monoisotopic (exact) mass is 449 g/mol. The van der Waals surface area contributed by atoms with Gasteiger partial charge in [0.15, 0.2) is 0 Å². The zero-order valence-corrected chi connectivity index (χ0v) is 18.5. The van der Waals surface area contributed by atoms with E-state index in [0.29, 0.717) is 23.0 Å². The minimum absolute atomic E-state index is 0.0557. The number of fused-ring (bicyclic) bond motifs is 1. The highest BCUT2D eigenvalue weighted by Gasteiger charge is 2.38. The summed E-state index contributed by atoms with van der Waals surface area (Å²) in [6.45, 7) is 4.48. The maximum atomic E-state index is 13.4. The Hall–Kier alpha value is -2.38. The van der Waals surface area contributed by atoms with Crippen LogP contribution in [0.1, 0.15) is 36.6 Å². The van der Waals surface area contributed by atoms with Crippen LogP contribution in [0.25, 0.3) is 0 Å². The molecule has 0 saturated heterocycles. The van der Waals surface area contributed by atoms with Crippen molar-refractivity contribution < 1.29 is 24.5 Å². The lowest BCUT2D eigenvalue weighted by Crippen LogP contribution is -2.40. The summed E-state index contributed by atoms with van der Waals surface area (Å²) >= 11 is 7.58. The number of amides is 1. The summed E-state index contributed by atoms with van der Waals surface area (Å²) in [7, 11) is 1.50. The Morgan fingerprint density at radius 2 is 1.97 bits per heavy atom.